The Hall–Kier alpha value is -1.29. The van der Waals surface area contributed by atoms with E-state index in [-0.39, 0.29) is 5.82 Å². The van der Waals surface area contributed by atoms with Crippen LogP contribution < -0.4 is 15.0 Å². The van der Waals surface area contributed by atoms with Gasteiger partial charge in [-0.25, -0.2) is 4.39 Å². The van der Waals surface area contributed by atoms with Crippen molar-refractivity contribution in [2.45, 2.75) is 25.8 Å². The van der Waals surface area contributed by atoms with E-state index in [2.05, 4.69) is 17.1 Å². The molecule has 0 spiro atoms. The van der Waals surface area contributed by atoms with E-state index >= 15 is 0 Å². The molecule has 0 unspecified atom stereocenters. The number of piperidine rings is 1. The van der Waals surface area contributed by atoms with Gasteiger partial charge in [0.2, 0.25) is 0 Å². The van der Waals surface area contributed by atoms with E-state index in [1.54, 1.807) is 12.1 Å². The molecule has 1 aliphatic rings. The molecule has 1 aromatic rings. The summed E-state index contributed by atoms with van der Waals surface area (Å²) in [6.45, 7) is 5.10. The summed E-state index contributed by atoms with van der Waals surface area (Å²) in [5.74, 6) is 0.0186. The van der Waals surface area contributed by atoms with Crippen LogP contribution in [0, 0.1) is 5.82 Å². The minimum Gasteiger partial charge on any atom is -0.494 e. The molecular weight excluding hydrogens is 231 g/mol. The van der Waals surface area contributed by atoms with Gasteiger partial charge >= 0.3 is 0 Å². The second-order valence-corrected chi connectivity index (χ2v) is 4.64. The summed E-state index contributed by atoms with van der Waals surface area (Å²) in [7, 11) is 1.49. The van der Waals surface area contributed by atoms with E-state index < -0.39 is 0 Å². The molecule has 1 fully saturated rings. The lowest BCUT2D eigenvalue weighted by atomic mass is 10.0. The molecule has 0 aromatic heterocycles. The van der Waals surface area contributed by atoms with Crippen LogP contribution in [0.2, 0.25) is 0 Å². The molecule has 0 radical (unpaired) electrons. The highest BCUT2D eigenvalue weighted by Crippen LogP contribution is 2.25. The summed E-state index contributed by atoms with van der Waals surface area (Å²) in [5.41, 5.74) is 0.947. The first-order valence-electron chi connectivity index (χ1n) is 6.56. The first-order valence-corrected chi connectivity index (χ1v) is 6.56. The van der Waals surface area contributed by atoms with Crippen LogP contribution in [0.5, 0.6) is 5.75 Å². The van der Waals surface area contributed by atoms with E-state index in [9.17, 15) is 4.39 Å². The molecule has 18 heavy (non-hydrogen) atoms. The first-order chi connectivity index (χ1) is 8.74. The van der Waals surface area contributed by atoms with Gasteiger partial charge in [-0.3, -0.25) is 0 Å². The van der Waals surface area contributed by atoms with E-state index in [0.29, 0.717) is 11.8 Å². The minimum atomic E-state index is -0.288. The molecule has 100 valence electrons. The van der Waals surface area contributed by atoms with Gasteiger partial charge in [0, 0.05) is 30.9 Å². The SMILES string of the molecule is CCNC1CCN(c2ccc(OC)c(F)c2)CC1. The molecule has 0 bridgehead atoms. The zero-order valence-electron chi connectivity index (χ0n) is 11.1. The molecule has 0 aliphatic carbocycles. The van der Waals surface area contributed by atoms with Crippen LogP contribution in [0.3, 0.4) is 0 Å². The maximum absolute atomic E-state index is 13.6. The zero-order chi connectivity index (χ0) is 13.0. The number of nitrogens with zero attached hydrogens (tertiary/aromatic N) is 1. The lowest BCUT2D eigenvalue weighted by Gasteiger charge is -2.34. The lowest BCUT2D eigenvalue weighted by Crippen LogP contribution is -2.42. The number of rotatable bonds is 4. The van der Waals surface area contributed by atoms with Crippen molar-refractivity contribution in [1.29, 1.82) is 0 Å². The Bertz CT molecular complexity index is 389. The predicted molar refractivity (Wildman–Crippen MR) is 71.9 cm³/mol. The minimum absolute atomic E-state index is 0.288. The van der Waals surface area contributed by atoms with E-state index in [1.165, 1.54) is 7.11 Å². The average molecular weight is 252 g/mol. The van der Waals surface area contributed by atoms with Gasteiger partial charge in [-0.2, -0.15) is 0 Å². The summed E-state index contributed by atoms with van der Waals surface area (Å²) in [4.78, 5) is 2.23. The highest BCUT2D eigenvalue weighted by molar-refractivity contribution is 5.50. The molecule has 0 atom stereocenters. The Morgan fingerprint density at radius 1 is 1.39 bits per heavy atom. The van der Waals surface area contributed by atoms with Crippen molar-refractivity contribution in [3.05, 3.63) is 24.0 Å². The summed E-state index contributed by atoms with van der Waals surface area (Å²) in [5, 5.41) is 3.47. The molecule has 1 aromatic carbocycles. The molecule has 2 rings (SSSR count). The van der Waals surface area contributed by atoms with Crippen molar-refractivity contribution in [3.8, 4) is 5.75 Å². The average Bonchev–Trinajstić information content (AvgIpc) is 2.40. The van der Waals surface area contributed by atoms with Crippen molar-refractivity contribution in [2.24, 2.45) is 0 Å². The summed E-state index contributed by atoms with van der Waals surface area (Å²) >= 11 is 0. The molecule has 0 amide bonds. The zero-order valence-corrected chi connectivity index (χ0v) is 11.1. The third-order valence-corrected chi connectivity index (χ3v) is 3.49. The number of ether oxygens (including phenoxy) is 1. The van der Waals surface area contributed by atoms with Gasteiger partial charge in [0.05, 0.1) is 7.11 Å². The standard InChI is InChI=1S/C14H21FN2O/c1-3-16-11-6-8-17(9-7-11)12-4-5-14(18-2)13(15)10-12/h4-5,10-11,16H,3,6-9H2,1-2H3. The lowest BCUT2D eigenvalue weighted by molar-refractivity contribution is 0.386. The monoisotopic (exact) mass is 252 g/mol. The van der Waals surface area contributed by atoms with Crippen molar-refractivity contribution in [3.63, 3.8) is 0 Å². The fourth-order valence-corrected chi connectivity index (χ4v) is 2.48. The van der Waals surface area contributed by atoms with Crippen molar-refractivity contribution in [1.82, 2.24) is 5.32 Å². The van der Waals surface area contributed by atoms with Crippen LogP contribution in [0.1, 0.15) is 19.8 Å². The topological polar surface area (TPSA) is 24.5 Å². The van der Waals surface area contributed by atoms with Gasteiger partial charge in [-0.05, 0) is 31.5 Å². The number of anilines is 1. The number of methoxy groups -OCH3 is 1. The van der Waals surface area contributed by atoms with Gasteiger partial charge in [0.15, 0.2) is 11.6 Å². The van der Waals surface area contributed by atoms with Crippen molar-refractivity contribution >= 4 is 5.69 Å². The second-order valence-electron chi connectivity index (χ2n) is 4.64. The smallest absolute Gasteiger partial charge is 0.167 e. The van der Waals surface area contributed by atoms with E-state index in [4.69, 9.17) is 4.74 Å². The van der Waals surface area contributed by atoms with E-state index in [0.717, 1.165) is 38.2 Å². The summed E-state index contributed by atoms with van der Waals surface area (Å²) in [6.07, 6.45) is 2.23. The molecule has 1 saturated heterocycles. The van der Waals surface area contributed by atoms with Gasteiger partial charge in [-0.1, -0.05) is 6.92 Å². The third-order valence-electron chi connectivity index (χ3n) is 3.49. The third kappa shape index (κ3) is 2.93. The molecule has 0 saturated carbocycles. The number of hydrogen-bond donors (Lipinski definition) is 1. The van der Waals surface area contributed by atoms with Crippen LogP contribution >= 0.6 is 0 Å². The molecular formula is C14H21FN2O. The Morgan fingerprint density at radius 3 is 2.67 bits per heavy atom. The predicted octanol–water partition coefficient (Wildman–Crippen LogP) is 2.41. The van der Waals surface area contributed by atoms with Gasteiger partial charge in [0.1, 0.15) is 0 Å². The molecule has 1 aliphatic heterocycles. The Kier molecular flexibility index (Phi) is 4.42. The largest absolute Gasteiger partial charge is 0.494 e. The van der Waals surface area contributed by atoms with Crippen LogP contribution in [0.4, 0.5) is 10.1 Å². The van der Waals surface area contributed by atoms with Crippen molar-refractivity contribution < 1.29 is 9.13 Å². The summed E-state index contributed by atoms with van der Waals surface area (Å²) < 4.78 is 18.6. The Labute approximate surface area is 108 Å². The Balaban J connectivity index is 1.99. The van der Waals surface area contributed by atoms with E-state index in [1.807, 2.05) is 6.07 Å². The number of nitrogens with one attached hydrogen (secondary N) is 1. The number of halogens is 1. The van der Waals surface area contributed by atoms with Gasteiger partial charge < -0.3 is 15.0 Å². The second kappa shape index (κ2) is 6.05. The maximum atomic E-state index is 13.6. The molecule has 1 heterocycles. The molecule has 1 N–H and O–H groups in total. The Morgan fingerprint density at radius 2 is 2.11 bits per heavy atom. The van der Waals surface area contributed by atoms with Crippen molar-refractivity contribution in [2.75, 3.05) is 31.6 Å². The number of benzene rings is 1. The fourth-order valence-electron chi connectivity index (χ4n) is 2.48. The maximum Gasteiger partial charge on any atom is 0.167 e. The summed E-state index contributed by atoms with van der Waals surface area (Å²) in [6, 6.07) is 5.79. The highest BCUT2D eigenvalue weighted by atomic mass is 19.1. The fraction of sp³-hybridized carbons (Fsp3) is 0.571. The number of hydrogen-bond acceptors (Lipinski definition) is 3. The van der Waals surface area contributed by atoms with Crippen LogP contribution in [-0.4, -0.2) is 32.8 Å². The van der Waals surface area contributed by atoms with Gasteiger partial charge in [-0.15, -0.1) is 0 Å². The highest BCUT2D eigenvalue weighted by Gasteiger charge is 2.19. The molecule has 3 nitrogen and oxygen atoms in total. The first kappa shape index (κ1) is 13.1. The van der Waals surface area contributed by atoms with Crippen LogP contribution in [0.25, 0.3) is 0 Å². The normalized spacial score (nSPS) is 16.9. The molecule has 4 heteroatoms. The van der Waals surface area contributed by atoms with Gasteiger partial charge in [0.25, 0.3) is 0 Å². The van der Waals surface area contributed by atoms with Crippen LogP contribution in [-0.2, 0) is 0 Å². The quantitative estimate of drug-likeness (QED) is 0.890. The van der Waals surface area contributed by atoms with Crippen LogP contribution in [0.15, 0.2) is 18.2 Å².